The Bertz CT molecular complexity index is 506. The van der Waals surface area contributed by atoms with Gasteiger partial charge in [0.25, 0.3) is 0 Å². The Morgan fingerprint density at radius 2 is 2.11 bits per heavy atom. The number of aromatic hydroxyl groups is 1. The maximum atomic E-state index is 11.2. The number of rotatable bonds is 2. The third-order valence-electron chi connectivity index (χ3n) is 3.33. The van der Waals surface area contributed by atoms with Gasteiger partial charge in [-0.05, 0) is 29.0 Å². The Kier molecular flexibility index (Phi) is 3.81. The molecule has 1 aliphatic rings. The van der Waals surface area contributed by atoms with Crippen molar-refractivity contribution in [2.45, 2.75) is 44.9 Å². The third-order valence-corrected chi connectivity index (χ3v) is 4.44. The van der Waals surface area contributed by atoms with Crippen LogP contribution in [0.3, 0.4) is 0 Å². The van der Waals surface area contributed by atoms with Crippen molar-refractivity contribution in [2.24, 2.45) is 0 Å². The van der Waals surface area contributed by atoms with Crippen molar-refractivity contribution < 1.29 is 9.90 Å². The number of hydrogen-bond acceptors (Lipinski definition) is 3. The zero-order valence-corrected chi connectivity index (χ0v) is 12.7. The number of carbonyl (C=O) groups excluding carboxylic acids is 1. The van der Waals surface area contributed by atoms with E-state index >= 15 is 0 Å². The second-order valence-corrected chi connectivity index (χ2v) is 7.32. The molecule has 1 heterocycles. The van der Waals surface area contributed by atoms with Crippen molar-refractivity contribution >= 4 is 17.7 Å². The van der Waals surface area contributed by atoms with E-state index in [9.17, 15) is 9.90 Å². The van der Waals surface area contributed by atoms with Gasteiger partial charge in [-0.2, -0.15) is 0 Å². The van der Waals surface area contributed by atoms with Gasteiger partial charge in [-0.15, -0.1) is 11.8 Å². The Hall–Kier alpha value is -1.16. The fourth-order valence-electron chi connectivity index (χ4n) is 2.31. The lowest BCUT2D eigenvalue weighted by molar-refractivity contribution is -0.118. The number of hydrogen-bond donors (Lipinski definition) is 2. The van der Waals surface area contributed by atoms with Gasteiger partial charge >= 0.3 is 0 Å². The van der Waals surface area contributed by atoms with Crippen molar-refractivity contribution in [1.29, 1.82) is 0 Å². The maximum absolute atomic E-state index is 11.2. The normalized spacial score (nSPS) is 19.6. The third kappa shape index (κ3) is 3.24. The number of phenolic OH excluding ortho intramolecular Hbond substituents is 1. The second kappa shape index (κ2) is 5.08. The molecule has 1 saturated heterocycles. The van der Waals surface area contributed by atoms with Gasteiger partial charge in [0, 0.05) is 6.42 Å². The molecule has 0 saturated carbocycles. The Balaban J connectivity index is 2.27. The molecule has 1 atom stereocenters. The summed E-state index contributed by atoms with van der Waals surface area (Å²) in [6.45, 7) is 8.21. The SMILES string of the molecule is Cc1cc(CC2NC(=O)CS2)cc(C(C)(C)C)c1O. The summed E-state index contributed by atoms with van der Waals surface area (Å²) in [7, 11) is 0. The molecular formula is C15H21NO2S. The summed E-state index contributed by atoms with van der Waals surface area (Å²) >= 11 is 1.65. The molecule has 1 aromatic rings. The first-order valence-corrected chi connectivity index (χ1v) is 7.56. The minimum absolute atomic E-state index is 0.0864. The van der Waals surface area contributed by atoms with E-state index in [0.29, 0.717) is 11.5 Å². The first-order chi connectivity index (χ1) is 8.77. The molecule has 0 bridgehead atoms. The quantitative estimate of drug-likeness (QED) is 0.875. The maximum Gasteiger partial charge on any atom is 0.230 e. The van der Waals surface area contributed by atoms with Crippen molar-refractivity contribution in [2.75, 3.05) is 5.75 Å². The highest BCUT2D eigenvalue weighted by Crippen LogP contribution is 2.34. The van der Waals surface area contributed by atoms with E-state index in [0.717, 1.165) is 17.5 Å². The molecule has 0 aromatic heterocycles. The fourth-order valence-corrected chi connectivity index (χ4v) is 3.27. The van der Waals surface area contributed by atoms with Gasteiger partial charge in [0.2, 0.25) is 5.91 Å². The van der Waals surface area contributed by atoms with Crippen LogP contribution in [0, 0.1) is 6.92 Å². The van der Waals surface area contributed by atoms with Crippen molar-refractivity contribution in [3.63, 3.8) is 0 Å². The van der Waals surface area contributed by atoms with Gasteiger partial charge in [0.15, 0.2) is 0 Å². The van der Waals surface area contributed by atoms with Crippen molar-refractivity contribution in [1.82, 2.24) is 5.32 Å². The van der Waals surface area contributed by atoms with E-state index in [1.54, 1.807) is 11.8 Å². The molecule has 1 unspecified atom stereocenters. The molecule has 1 fully saturated rings. The molecule has 2 N–H and O–H groups in total. The molecule has 0 spiro atoms. The lowest BCUT2D eigenvalue weighted by Crippen LogP contribution is -2.26. The van der Waals surface area contributed by atoms with Crippen LogP contribution in [-0.2, 0) is 16.6 Å². The van der Waals surface area contributed by atoms with Gasteiger partial charge in [0.05, 0.1) is 11.1 Å². The monoisotopic (exact) mass is 279 g/mol. The van der Waals surface area contributed by atoms with Crippen LogP contribution in [0.15, 0.2) is 12.1 Å². The molecule has 104 valence electrons. The molecule has 1 amide bonds. The topological polar surface area (TPSA) is 49.3 Å². The number of carbonyl (C=O) groups is 1. The Labute approximate surface area is 118 Å². The molecule has 1 aliphatic heterocycles. The van der Waals surface area contributed by atoms with E-state index in [-0.39, 0.29) is 16.7 Å². The highest BCUT2D eigenvalue weighted by atomic mass is 32.2. The zero-order valence-electron chi connectivity index (χ0n) is 11.9. The summed E-state index contributed by atoms with van der Waals surface area (Å²) in [5, 5.41) is 13.3. The number of amides is 1. The first-order valence-electron chi connectivity index (χ1n) is 6.51. The lowest BCUT2D eigenvalue weighted by Gasteiger charge is -2.23. The zero-order chi connectivity index (χ0) is 14.2. The predicted octanol–water partition coefficient (Wildman–Crippen LogP) is 2.73. The lowest BCUT2D eigenvalue weighted by atomic mass is 9.84. The summed E-state index contributed by atoms with van der Waals surface area (Å²) < 4.78 is 0. The average Bonchev–Trinajstić information content (AvgIpc) is 2.67. The van der Waals surface area contributed by atoms with Crippen LogP contribution in [0.25, 0.3) is 0 Å². The summed E-state index contributed by atoms with van der Waals surface area (Å²) in [6, 6.07) is 4.07. The predicted molar refractivity (Wildman–Crippen MR) is 79.6 cm³/mol. The molecule has 3 nitrogen and oxygen atoms in total. The standard InChI is InChI=1S/C15H21NO2S/c1-9-5-10(7-13-16-12(17)8-19-13)6-11(14(9)18)15(2,3)4/h5-6,13,18H,7-8H2,1-4H3,(H,16,17). The van der Waals surface area contributed by atoms with E-state index in [4.69, 9.17) is 0 Å². The van der Waals surface area contributed by atoms with E-state index in [1.165, 1.54) is 5.56 Å². The number of aryl methyl sites for hydroxylation is 1. The smallest absolute Gasteiger partial charge is 0.230 e. The van der Waals surface area contributed by atoms with E-state index in [1.807, 2.05) is 13.0 Å². The molecule has 19 heavy (non-hydrogen) atoms. The van der Waals surface area contributed by atoms with Crippen LogP contribution >= 0.6 is 11.8 Å². The molecule has 4 heteroatoms. The molecule has 1 aromatic carbocycles. The van der Waals surface area contributed by atoms with Crippen LogP contribution in [0.5, 0.6) is 5.75 Å². The van der Waals surface area contributed by atoms with Gasteiger partial charge in [-0.25, -0.2) is 0 Å². The summed E-state index contributed by atoms with van der Waals surface area (Å²) in [5.41, 5.74) is 2.95. The van der Waals surface area contributed by atoms with Gasteiger partial charge in [-0.1, -0.05) is 32.9 Å². The van der Waals surface area contributed by atoms with Gasteiger partial charge < -0.3 is 10.4 Å². The highest BCUT2D eigenvalue weighted by Gasteiger charge is 2.24. The summed E-state index contributed by atoms with van der Waals surface area (Å²) in [5.74, 6) is 1.05. The molecular weight excluding hydrogens is 258 g/mol. The van der Waals surface area contributed by atoms with Crippen LogP contribution in [0.4, 0.5) is 0 Å². The van der Waals surface area contributed by atoms with Crippen molar-refractivity contribution in [3.8, 4) is 5.75 Å². The highest BCUT2D eigenvalue weighted by molar-refractivity contribution is 8.01. The molecule has 0 radical (unpaired) electrons. The van der Waals surface area contributed by atoms with Crippen LogP contribution in [-0.4, -0.2) is 22.1 Å². The fraction of sp³-hybridized carbons (Fsp3) is 0.533. The Morgan fingerprint density at radius 3 is 2.63 bits per heavy atom. The summed E-state index contributed by atoms with van der Waals surface area (Å²) in [6.07, 6.45) is 0.806. The number of phenols is 1. The second-order valence-electron chi connectivity index (χ2n) is 6.13. The minimum atomic E-state index is -0.0864. The minimum Gasteiger partial charge on any atom is -0.507 e. The summed E-state index contributed by atoms with van der Waals surface area (Å²) in [4.78, 5) is 11.2. The number of benzene rings is 1. The van der Waals surface area contributed by atoms with E-state index in [2.05, 4.69) is 32.2 Å². The molecule has 2 rings (SSSR count). The van der Waals surface area contributed by atoms with Crippen LogP contribution < -0.4 is 5.32 Å². The van der Waals surface area contributed by atoms with Crippen LogP contribution in [0.2, 0.25) is 0 Å². The largest absolute Gasteiger partial charge is 0.507 e. The van der Waals surface area contributed by atoms with Gasteiger partial charge in [0.1, 0.15) is 5.75 Å². The first kappa shape index (κ1) is 14.3. The average molecular weight is 279 g/mol. The van der Waals surface area contributed by atoms with Crippen LogP contribution in [0.1, 0.15) is 37.5 Å². The number of thioether (sulfide) groups is 1. The Morgan fingerprint density at radius 1 is 1.42 bits per heavy atom. The van der Waals surface area contributed by atoms with E-state index < -0.39 is 0 Å². The van der Waals surface area contributed by atoms with Crippen molar-refractivity contribution in [3.05, 3.63) is 28.8 Å². The van der Waals surface area contributed by atoms with Gasteiger partial charge in [-0.3, -0.25) is 4.79 Å². The molecule has 0 aliphatic carbocycles. The number of nitrogens with one attached hydrogen (secondary N) is 1.